The summed E-state index contributed by atoms with van der Waals surface area (Å²) in [6.07, 6.45) is 1.46. The van der Waals surface area contributed by atoms with Gasteiger partial charge in [-0.1, -0.05) is 24.3 Å². The summed E-state index contributed by atoms with van der Waals surface area (Å²) in [6.45, 7) is 3.97. The Bertz CT molecular complexity index is 1120. The molecular weight excluding hydrogens is 358 g/mol. The Morgan fingerprint density at radius 3 is 2.64 bits per heavy atom. The fraction of sp³-hybridized carbons (Fsp3) is 0.143. The Morgan fingerprint density at radius 1 is 1.11 bits per heavy atom. The van der Waals surface area contributed by atoms with Crippen molar-refractivity contribution in [3.63, 3.8) is 0 Å². The number of non-ortho nitro benzene ring substituents is 1. The maximum Gasteiger partial charge on any atom is 0.269 e. The molecule has 0 saturated carbocycles. The number of aromatic nitrogens is 1. The maximum absolute atomic E-state index is 12.6. The summed E-state index contributed by atoms with van der Waals surface area (Å²) in [4.78, 5) is 35.2. The first-order valence-corrected chi connectivity index (χ1v) is 8.66. The van der Waals surface area contributed by atoms with E-state index in [4.69, 9.17) is 0 Å². The van der Waals surface area contributed by atoms with Gasteiger partial charge in [0.05, 0.1) is 17.0 Å². The molecule has 7 heteroatoms. The molecule has 1 aromatic heterocycles. The summed E-state index contributed by atoms with van der Waals surface area (Å²) in [6, 6.07) is 14.6. The van der Waals surface area contributed by atoms with Crippen molar-refractivity contribution in [2.75, 3.05) is 5.32 Å². The van der Waals surface area contributed by atoms with Crippen molar-refractivity contribution in [2.24, 2.45) is 0 Å². The van der Waals surface area contributed by atoms with Crippen LogP contribution in [0, 0.1) is 24.0 Å². The molecule has 7 nitrogen and oxygen atoms in total. The van der Waals surface area contributed by atoms with E-state index in [1.165, 1.54) is 35.0 Å². The van der Waals surface area contributed by atoms with Crippen molar-refractivity contribution in [2.45, 2.75) is 20.4 Å². The Balaban J connectivity index is 1.86. The monoisotopic (exact) mass is 377 g/mol. The Morgan fingerprint density at radius 2 is 1.89 bits per heavy atom. The molecular formula is C21H19N3O4. The van der Waals surface area contributed by atoms with E-state index in [-0.39, 0.29) is 23.7 Å². The normalized spacial score (nSPS) is 10.5. The highest BCUT2D eigenvalue weighted by Gasteiger charge is 2.11. The average molecular weight is 377 g/mol. The fourth-order valence-corrected chi connectivity index (χ4v) is 2.82. The van der Waals surface area contributed by atoms with Gasteiger partial charge >= 0.3 is 0 Å². The van der Waals surface area contributed by atoms with Gasteiger partial charge in [0.25, 0.3) is 17.2 Å². The van der Waals surface area contributed by atoms with Crippen LogP contribution < -0.4 is 10.9 Å². The van der Waals surface area contributed by atoms with E-state index in [0.29, 0.717) is 16.8 Å². The zero-order valence-corrected chi connectivity index (χ0v) is 15.5. The molecule has 0 unspecified atom stereocenters. The van der Waals surface area contributed by atoms with Gasteiger partial charge in [0.15, 0.2) is 0 Å². The molecule has 1 heterocycles. The first kappa shape index (κ1) is 19.0. The van der Waals surface area contributed by atoms with E-state index < -0.39 is 4.92 Å². The highest BCUT2D eigenvalue weighted by atomic mass is 16.6. The van der Waals surface area contributed by atoms with Crippen LogP contribution in [0.1, 0.15) is 27.0 Å². The van der Waals surface area contributed by atoms with Crippen LogP contribution in [0.2, 0.25) is 0 Å². The van der Waals surface area contributed by atoms with Gasteiger partial charge in [0.1, 0.15) is 0 Å². The average Bonchev–Trinajstić information content (AvgIpc) is 2.66. The van der Waals surface area contributed by atoms with Crippen LogP contribution >= 0.6 is 0 Å². The second kappa shape index (κ2) is 7.87. The SMILES string of the molecule is Cc1ccc(C)c(NC(=O)c2ccc(=O)n(Cc3cccc([N+](=O)[O-])c3)c2)c1. The number of pyridine rings is 1. The quantitative estimate of drug-likeness (QED) is 0.542. The van der Waals surface area contributed by atoms with Gasteiger partial charge in [-0.25, -0.2) is 0 Å². The number of aryl methyl sites for hydroxylation is 2. The van der Waals surface area contributed by atoms with Gasteiger partial charge in [-0.05, 0) is 42.7 Å². The number of amides is 1. The molecule has 1 N–H and O–H groups in total. The van der Waals surface area contributed by atoms with Crippen molar-refractivity contribution < 1.29 is 9.72 Å². The molecule has 0 aliphatic carbocycles. The molecule has 2 aromatic carbocycles. The number of nitrogens with one attached hydrogen (secondary N) is 1. The van der Waals surface area contributed by atoms with Crippen molar-refractivity contribution in [1.82, 2.24) is 4.57 Å². The van der Waals surface area contributed by atoms with Crippen molar-refractivity contribution >= 4 is 17.3 Å². The zero-order valence-electron chi connectivity index (χ0n) is 15.5. The van der Waals surface area contributed by atoms with Gasteiger partial charge < -0.3 is 9.88 Å². The Kier molecular flexibility index (Phi) is 5.35. The fourth-order valence-electron chi connectivity index (χ4n) is 2.82. The van der Waals surface area contributed by atoms with Crippen LogP contribution in [-0.2, 0) is 6.54 Å². The molecule has 0 saturated heterocycles. The lowest BCUT2D eigenvalue weighted by Crippen LogP contribution is -2.22. The summed E-state index contributed by atoms with van der Waals surface area (Å²) < 4.78 is 1.36. The molecule has 142 valence electrons. The molecule has 0 aliphatic heterocycles. The van der Waals surface area contributed by atoms with E-state index >= 15 is 0 Å². The van der Waals surface area contributed by atoms with Gasteiger partial charge in [0, 0.05) is 30.1 Å². The molecule has 28 heavy (non-hydrogen) atoms. The summed E-state index contributed by atoms with van der Waals surface area (Å²) in [5.41, 5.74) is 3.25. The number of hydrogen-bond acceptors (Lipinski definition) is 4. The minimum absolute atomic E-state index is 0.0469. The van der Waals surface area contributed by atoms with E-state index in [2.05, 4.69) is 5.32 Å². The topological polar surface area (TPSA) is 94.2 Å². The number of carbonyl (C=O) groups is 1. The van der Waals surface area contributed by atoms with Gasteiger partial charge in [0.2, 0.25) is 0 Å². The number of nitro benzene ring substituents is 1. The maximum atomic E-state index is 12.6. The predicted molar refractivity (Wildman–Crippen MR) is 107 cm³/mol. The second-order valence-corrected chi connectivity index (χ2v) is 6.58. The summed E-state index contributed by atoms with van der Waals surface area (Å²) in [5, 5.41) is 13.8. The smallest absolute Gasteiger partial charge is 0.269 e. The van der Waals surface area contributed by atoms with Crippen LogP contribution in [0.5, 0.6) is 0 Å². The van der Waals surface area contributed by atoms with E-state index in [0.717, 1.165) is 11.1 Å². The lowest BCUT2D eigenvalue weighted by Gasteiger charge is -2.11. The number of anilines is 1. The molecule has 0 bridgehead atoms. The number of rotatable bonds is 5. The van der Waals surface area contributed by atoms with Crippen molar-refractivity contribution in [3.05, 3.63) is 104 Å². The largest absolute Gasteiger partial charge is 0.322 e. The van der Waals surface area contributed by atoms with Gasteiger partial charge in [-0.2, -0.15) is 0 Å². The van der Waals surface area contributed by atoms with Crippen LogP contribution in [0.15, 0.2) is 65.6 Å². The molecule has 0 atom stereocenters. The number of benzene rings is 2. The van der Waals surface area contributed by atoms with Crippen LogP contribution in [0.4, 0.5) is 11.4 Å². The zero-order chi connectivity index (χ0) is 20.3. The van der Waals surface area contributed by atoms with Crippen molar-refractivity contribution in [3.8, 4) is 0 Å². The molecule has 0 fully saturated rings. The number of carbonyl (C=O) groups excluding carboxylic acids is 1. The van der Waals surface area contributed by atoms with Crippen LogP contribution in [0.25, 0.3) is 0 Å². The van der Waals surface area contributed by atoms with E-state index in [9.17, 15) is 19.7 Å². The number of nitro groups is 1. The molecule has 1 amide bonds. The van der Waals surface area contributed by atoms with Gasteiger partial charge in [-0.3, -0.25) is 19.7 Å². The number of hydrogen-bond donors (Lipinski definition) is 1. The molecule has 0 spiro atoms. The first-order chi connectivity index (χ1) is 13.3. The van der Waals surface area contributed by atoms with Crippen molar-refractivity contribution in [1.29, 1.82) is 0 Å². The molecule has 0 aliphatic rings. The number of nitrogens with zero attached hydrogens (tertiary/aromatic N) is 2. The minimum atomic E-state index is -0.486. The standard InChI is InChI=1S/C21H19N3O4/c1-14-6-7-15(2)19(10-14)22-21(26)17-8-9-20(25)23(13-17)12-16-4-3-5-18(11-16)24(27)28/h3-11,13H,12H2,1-2H3,(H,22,26). The molecule has 3 aromatic rings. The molecule has 0 radical (unpaired) electrons. The second-order valence-electron chi connectivity index (χ2n) is 6.58. The van der Waals surface area contributed by atoms with Crippen LogP contribution in [0.3, 0.4) is 0 Å². The van der Waals surface area contributed by atoms with E-state index in [1.807, 2.05) is 32.0 Å². The first-order valence-electron chi connectivity index (χ1n) is 8.66. The summed E-state index contributed by atoms with van der Waals surface area (Å²) >= 11 is 0. The lowest BCUT2D eigenvalue weighted by atomic mass is 10.1. The molecule has 3 rings (SSSR count). The summed E-state index contributed by atoms with van der Waals surface area (Å²) in [5.74, 6) is -0.332. The third-order valence-corrected chi connectivity index (χ3v) is 4.36. The summed E-state index contributed by atoms with van der Waals surface area (Å²) in [7, 11) is 0. The highest BCUT2D eigenvalue weighted by Crippen LogP contribution is 2.18. The Labute approximate surface area is 161 Å². The lowest BCUT2D eigenvalue weighted by molar-refractivity contribution is -0.384. The minimum Gasteiger partial charge on any atom is -0.322 e. The van der Waals surface area contributed by atoms with Gasteiger partial charge in [-0.15, -0.1) is 0 Å². The van der Waals surface area contributed by atoms with Crippen LogP contribution in [-0.4, -0.2) is 15.4 Å². The van der Waals surface area contributed by atoms with E-state index in [1.54, 1.807) is 12.1 Å². The third-order valence-electron chi connectivity index (χ3n) is 4.36. The Hall–Kier alpha value is -3.74. The highest BCUT2D eigenvalue weighted by molar-refractivity contribution is 6.04. The predicted octanol–water partition coefficient (Wildman–Crippen LogP) is 3.67. The third kappa shape index (κ3) is 4.32.